The van der Waals surface area contributed by atoms with E-state index in [-0.39, 0.29) is 17.4 Å². The zero-order valence-corrected chi connectivity index (χ0v) is 18.5. The van der Waals surface area contributed by atoms with Crippen molar-refractivity contribution in [1.82, 2.24) is 19.9 Å². The minimum Gasteiger partial charge on any atom is -0.339 e. The molecule has 0 unspecified atom stereocenters. The van der Waals surface area contributed by atoms with Crippen LogP contribution < -0.4 is 0 Å². The van der Waals surface area contributed by atoms with Crippen LogP contribution in [0.1, 0.15) is 37.6 Å². The monoisotopic (exact) mass is 434 g/mol. The van der Waals surface area contributed by atoms with Crippen molar-refractivity contribution in [3.8, 4) is 11.4 Å². The molecule has 1 aromatic heterocycles. The molecule has 3 rings (SSSR count). The van der Waals surface area contributed by atoms with Crippen molar-refractivity contribution in [3.05, 3.63) is 35.7 Å². The van der Waals surface area contributed by atoms with E-state index in [2.05, 4.69) is 15.0 Å². The molecule has 0 N–H and O–H groups in total. The summed E-state index contributed by atoms with van der Waals surface area (Å²) in [6.07, 6.45) is 2.44. The van der Waals surface area contributed by atoms with Crippen molar-refractivity contribution in [2.45, 2.75) is 39.7 Å². The molecule has 30 heavy (non-hydrogen) atoms. The Morgan fingerprint density at radius 1 is 1.10 bits per heavy atom. The van der Waals surface area contributed by atoms with Gasteiger partial charge >= 0.3 is 0 Å². The molecule has 2 heterocycles. The van der Waals surface area contributed by atoms with Gasteiger partial charge in [-0.3, -0.25) is 9.69 Å². The van der Waals surface area contributed by atoms with Crippen molar-refractivity contribution in [2.24, 2.45) is 0 Å². The van der Waals surface area contributed by atoms with E-state index in [1.54, 1.807) is 4.90 Å². The zero-order chi connectivity index (χ0) is 21.6. The van der Waals surface area contributed by atoms with Crippen LogP contribution in [0, 0.1) is 6.92 Å². The number of piperazine rings is 1. The summed E-state index contributed by atoms with van der Waals surface area (Å²) < 4.78 is 29.6. The first-order chi connectivity index (χ1) is 14.4. The molecular weight excluding hydrogens is 404 g/mol. The Labute approximate surface area is 178 Å². The highest BCUT2D eigenvalue weighted by Gasteiger charge is 2.26. The topological polar surface area (TPSA) is 96.6 Å². The number of nitrogens with zero attached hydrogens (tertiary/aromatic N) is 4. The Morgan fingerprint density at radius 3 is 2.47 bits per heavy atom. The van der Waals surface area contributed by atoms with Gasteiger partial charge in [0, 0.05) is 31.7 Å². The zero-order valence-electron chi connectivity index (χ0n) is 17.7. The standard InChI is InChI=1S/C21H30N4O4S/c1-3-4-5-14-30(27,28)16-20(26)25-12-10-24(11-13-25)15-19-22-21(23-29-19)18-8-6-17(2)7-9-18/h6-9H,3-5,10-16H2,1-2H3. The van der Waals surface area contributed by atoms with Crippen LogP contribution in [0.15, 0.2) is 28.8 Å². The van der Waals surface area contributed by atoms with E-state index in [9.17, 15) is 13.2 Å². The van der Waals surface area contributed by atoms with Crippen molar-refractivity contribution < 1.29 is 17.7 Å². The van der Waals surface area contributed by atoms with E-state index in [0.29, 0.717) is 50.9 Å². The molecule has 1 saturated heterocycles. The first-order valence-corrected chi connectivity index (χ1v) is 12.3. The molecule has 8 nitrogen and oxygen atoms in total. The van der Waals surface area contributed by atoms with Crippen LogP contribution >= 0.6 is 0 Å². The van der Waals surface area contributed by atoms with Crippen molar-refractivity contribution >= 4 is 15.7 Å². The number of rotatable bonds is 9. The lowest BCUT2D eigenvalue weighted by Gasteiger charge is -2.33. The number of aromatic nitrogens is 2. The summed E-state index contributed by atoms with van der Waals surface area (Å²) in [6.45, 7) is 6.85. The second-order valence-electron chi connectivity index (χ2n) is 7.83. The Hall–Kier alpha value is -2.26. The maximum atomic E-state index is 12.4. The minimum atomic E-state index is -3.33. The molecule has 0 spiro atoms. The molecule has 0 atom stereocenters. The molecule has 0 aliphatic carbocycles. The molecule has 1 fully saturated rings. The molecule has 1 aromatic carbocycles. The van der Waals surface area contributed by atoms with Crippen LogP contribution in [0.3, 0.4) is 0 Å². The number of benzene rings is 1. The summed E-state index contributed by atoms with van der Waals surface area (Å²) in [5.74, 6) is 0.495. The van der Waals surface area contributed by atoms with Gasteiger partial charge in [-0.2, -0.15) is 4.98 Å². The smallest absolute Gasteiger partial charge is 0.241 e. The predicted octanol–water partition coefficient (Wildman–Crippen LogP) is 2.29. The predicted molar refractivity (Wildman–Crippen MR) is 115 cm³/mol. The lowest BCUT2D eigenvalue weighted by molar-refractivity contribution is -0.130. The number of hydrogen-bond acceptors (Lipinski definition) is 7. The fraction of sp³-hybridized carbons (Fsp3) is 0.571. The number of carbonyl (C=O) groups is 1. The molecule has 0 saturated carbocycles. The molecule has 0 radical (unpaired) electrons. The Morgan fingerprint density at radius 2 is 1.80 bits per heavy atom. The van der Waals surface area contributed by atoms with E-state index in [1.807, 2.05) is 38.1 Å². The Balaban J connectivity index is 1.46. The van der Waals surface area contributed by atoms with Crippen LogP contribution in [0.5, 0.6) is 0 Å². The van der Waals surface area contributed by atoms with E-state index in [0.717, 1.165) is 18.4 Å². The third-order valence-electron chi connectivity index (χ3n) is 5.26. The molecule has 1 amide bonds. The second kappa shape index (κ2) is 10.2. The average molecular weight is 435 g/mol. The highest BCUT2D eigenvalue weighted by atomic mass is 32.2. The van der Waals surface area contributed by atoms with Gasteiger partial charge in [0.05, 0.1) is 12.3 Å². The summed E-state index contributed by atoms with van der Waals surface area (Å²) in [7, 11) is -3.33. The maximum absolute atomic E-state index is 12.4. The maximum Gasteiger partial charge on any atom is 0.241 e. The summed E-state index contributed by atoms with van der Waals surface area (Å²) >= 11 is 0. The largest absolute Gasteiger partial charge is 0.339 e. The van der Waals surface area contributed by atoms with E-state index >= 15 is 0 Å². The lowest BCUT2D eigenvalue weighted by atomic mass is 10.1. The number of aryl methyl sites for hydroxylation is 1. The summed E-state index contributed by atoms with van der Waals surface area (Å²) in [5.41, 5.74) is 2.08. The molecule has 1 aliphatic rings. The highest BCUT2D eigenvalue weighted by molar-refractivity contribution is 7.92. The van der Waals surface area contributed by atoms with Gasteiger partial charge in [-0.05, 0) is 13.3 Å². The van der Waals surface area contributed by atoms with Crippen molar-refractivity contribution in [2.75, 3.05) is 37.7 Å². The van der Waals surface area contributed by atoms with Gasteiger partial charge in [0.1, 0.15) is 5.75 Å². The van der Waals surface area contributed by atoms with Gasteiger partial charge in [0.25, 0.3) is 0 Å². The third kappa shape index (κ3) is 6.37. The first kappa shape index (κ1) is 22.4. The van der Waals surface area contributed by atoms with Gasteiger partial charge in [-0.15, -0.1) is 0 Å². The first-order valence-electron chi connectivity index (χ1n) is 10.5. The fourth-order valence-electron chi connectivity index (χ4n) is 3.41. The normalized spacial score (nSPS) is 15.5. The number of hydrogen-bond donors (Lipinski definition) is 0. The van der Waals surface area contributed by atoms with Gasteiger partial charge in [0.2, 0.25) is 17.6 Å². The summed E-state index contributed by atoms with van der Waals surface area (Å²) in [4.78, 5) is 20.6. The van der Waals surface area contributed by atoms with Crippen LogP contribution in [-0.4, -0.2) is 72.0 Å². The van der Waals surface area contributed by atoms with E-state index < -0.39 is 9.84 Å². The number of carbonyl (C=O) groups excluding carboxylic acids is 1. The molecular formula is C21H30N4O4S. The van der Waals surface area contributed by atoms with Crippen LogP contribution in [0.2, 0.25) is 0 Å². The third-order valence-corrected chi connectivity index (χ3v) is 6.86. The van der Waals surface area contributed by atoms with Crippen LogP contribution in [-0.2, 0) is 21.2 Å². The van der Waals surface area contributed by atoms with Crippen LogP contribution in [0.4, 0.5) is 0 Å². The minimum absolute atomic E-state index is 0.0903. The highest BCUT2D eigenvalue weighted by Crippen LogP contribution is 2.17. The van der Waals surface area contributed by atoms with Crippen molar-refractivity contribution in [1.29, 1.82) is 0 Å². The number of sulfone groups is 1. The second-order valence-corrected chi connectivity index (χ2v) is 10.0. The molecule has 9 heteroatoms. The van der Waals surface area contributed by atoms with Gasteiger partial charge in [0.15, 0.2) is 9.84 Å². The quantitative estimate of drug-likeness (QED) is 0.559. The SMILES string of the molecule is CCCCCS(=O)(=O)CC(=O)N1CCN(Cc2nc(-c3ccc(C)cc3)no2)CC1. The Kier molecular flexibility index (Phi) is 7.60. The molecule has 1 aliphatic heterocycles. The summed E-state index contributed by atoms with van der Waals surface area (Å²) in [6, 6.07) is 7.94. The van der Waals surface area contributed by atoms with Gasteiger partial charge in [-0.25, -0.2) is 8.42 Å². The average Bonchev–Trinajstić information content (AvgIpc) is 3.17. The Bertz CT molecular complexity index is 932. The van der Waals surface area contributed by atoms with E-state index in [1.165, 1.54) is 5.56 Å². The number of amides is 1. The summed E-state index contributed by atoms with van der Waals surface area (Å²) in [5, 5.41) is 4.05. The fourth-order valence-corrected chi connectivity index (χ4v) is 4.76. The number of unbranched alkanes of at least 4 members (excludes halogenated alkanes) is 2. The molecule has 164 valence electrons. The van der Waals surface area contributed by atoms with Gasteiger partial charge < -0.3 is 9.42 Å². The molecule has 2 aromatic rings. The molecule has 0 bridgehead atoms. The van der Waals surface area contributed by atoms with E-state index in [4.69, 9.17) is 4.52 Å². The van der Waals surface area contributed by atoms with Gasteiger partial charge in [-0.1, -0.05) is 54.8 Å². The lowest BCUT2D eigenvalue weighted by Crippen LogP contribution is -2.49. The van der Waals surface area contributed by atoms with Crippen LogP contribution in [0.25, 0.3) is 11.4 Å². The van der Waals surface area contributed by atoms with Crippen molar-refractivity contribution in [3.63, 3.8) is 0 Å².